The quantitative estimate of drug-likeness (QED) is 0.691. The lowest BCUT2D eigenvalue weighted by atomic mass is 10.0. The fourth-order valence-corrected chi connectivity index (χ4v) is 3.31. The minimum atomic E-state index is -0.115. The standard InChI is InChI=1S/C18H19N5O/c19-13-7-12(9-20-10-13)11-5-6-16-15(8-11)17(23-22-16)18(24)21-14-3-1-2-4-14/h5-10,14H,1-4,19H2,(H,21,24)(H,22,23). The molecule has 4 N–H and O–H groups in total. The molecule has 122 valence electrons. The first-order valence-electron chi connectivity index (χ1n) is 8.20. The van der Waals surface area contributed by atoms with Crippen molar-refractivity contribution < 1.29 is 4.79 Å². The predicted octanol–water partition coefficient (Wildman–Crippen LogP) is 2.88. The molecule has 24 heavy (non-hydrogen) atoms. The number of benzene rings is 1. The van der Waals surface area contributed by atoms with Gasteiger partial charge >= 0.3 is 0 Å². The van der Waals surface area contributed by atoms with Gasteiger partial charge in [-0.1, -0.05) is 18.9 Å². The van der Waals surface area contributed by atoms with E-state index < -0.39 is 0 Å². The smallest absolute Gasteiger partial charge is 0.272 e. The van der Waals surface area contributed by atoms with Crippen LogP contribution >= 0.6 is 0 Å². The van der Waals surface area contributed by atoms with Crippen molar-refractivity contribution in [3.05, 3.63) is 42.4 Å². The predicted molar refractivity (Wildman–Crippen MR) is 93.5 cm³/mol. The maximum atomic E-state index is 12.6. The second-order valence-electron chi connectivity index (χ2n) is 6.29. The lowest BCUT2D eigenvalue weighted by molar-refractivity contribution is 0.0934. The van der Waals surface area contributed by atoms with Crippen molar-refractivity contribution in [1.82, 2.24) is 20.5 Å². The summed E-state index contributed by atoms with van der Waals surface area (Å²) >= 11 is 0. The van der Waals surface area contributed by atoms with E-state index in [1.54, 1.807) is 12.4 Å². The summed E-state index contributed by atoms with van der Waals surface area (Å²) in [6.45, 7) is 0. The number of nitrogen functional groups attached to an aromatic ring is 1. The summed E-state index contributed by atoms with van der Waals surface area (Å²) in [5.41, 5.74) is 9.58. The van der Waals surface area contributed by atoms with Crippen molar-refractivity contribution in [1.29, 1.82) is 0 Å². The van der Waals surface area contributed by atoms with Crippen LogP contribution in [-0.2, 0) is 0 Å². The van der Waals surface area contributed by atoms with E-state index in [0.717, 1.165) is 34.9 Å². The molecule has 0 unspecified atom stereocenters. The van der Waals surface area contributed by atoms with Gasteiger partial charge in [0, 0.05) is 29.4 Å². The number of anilines is 1. The van der Waals surface area contributed by atoms with Gasteiger partial charge in [-0.05, 0) is 36.6 Å². The number of nitrogens with one attached hydrogen (secondary N) is 2. The normalized spacial score (nSPS) is 15.0. The minimum Gasteiger partial charge on any atom is -0.397 e. The van der Waals surface area contributed by atoms with Gasteiger partial charge in [-0.15, -0.1) is 0 Å². The van der Waals surface area contributed by atoms with Crippen LogP contribution in [0.4, 0.5) is 5.69 Å². The molecule has 1 aromatic carbocycles. The summed E-state index contributed by atoms with van der Waals surface area (Å²) in [4.78, 5) is 16.7. The van der Waals surface area contributed by atoms with Crippen molar-refractivity contribution in [2.45, 2.75) is 31.7 Å². The second kappa shape index (κ2) is 5.96. The first kappa shape index (κ1) is 14.7. The van der Waals surface area contributed by atoms with Crippen LogP contribution in [0.3, 0.4) is 0 Å². The molecule has 2 heterocycles. The average molecular weight is 321 g/mol. The molecule has 0 aliphatic heterocycles. The number of nitrogens with two attached hydrogens (primary N) is 1. The van der Waals surface area contributed by atoms with Gasteiger partial charge in [0.25, 0.3) is 5.91 Å². The van der Waals surface area contributed by atoms with E-state index in [9.17, 15) is 4.79 Å². The van der Waals surface area contributed by atoms with Crippen LogP contribution < -0.4 is 11.1 Å². The Morgan fingerprint density at radius 2 is 2.00 bits per heavy atom. The van der Waals surface area contributed by atoms with E-state index >= 15 is 0 Å². The Morgan fingerprint density at radius 3 is 2.79 bits per heavy atom. The Kier molecular flexibility index (Phi) is 3.65. The third-order valence-corrected chi connectivity index (χ3v) is 4.56. The highest BCUT2D eigenvalue weighted by Crippen LogP contribution is 2.26. The molecule has 0 bridgehead atoms. The number of carbonyl (C=O) groups excluding carboxylic acids is 1. The maximum Gasteiger partial charge on any atom is 0.272 e. The molecule has 3 aromatic rings. The van der Waals surface area contributed by atoms with Crippen LogP contribution in [0, 0.1) is 0 Å². The SMILES string of the molecule is Nc1cncc(-c2ccc3[nH]nc(C(=O)NC4CCCC4)c3c2)c1. The number of fused-ring (bicyclic) bond motifs is 1. The second-order valence-corrected chi connectivity index (χ2v) is 6.29. The average Bonchev–Trinajstić information content (AvgIpc) is 3.23. The van der Waals surface area contributed by atoms with E-state index in [4.69, 9.17) is 5.73 Å². The molecule has 0 saturated heterocycles. The number of hydrogen-bond acceptors (Lipinski definition) is 4. The van der Waals surface area contributed by atoms with Gasteiger partial charge in [0.05, 0.1) is 11.2 Å². The molecule has 6 nitrogen and oxygen atoms in total. The zero-order chi connectivity index (χ0) is 16.5. The number of carbonyl (C=O) groups is 1. The van der Waals surface area contributed by atoms with Crippen LogP contribution in [0.1, 0.15) is 36.2 Å². The lowest BCUT2D eigenvalue weighted by Crippen LogP contribution is -2.32. The van der Waals surface area contributed by atoms with E-state index in [0.29, 0.717) is 11.4 Å². The monoisotopic (exact) mass is 321 g/mol. The molecule has 1 aliphatic rings. The number of amides is 1. The maximum absolute atomic E-state index is 12.6. The van der Waals surface area contributed by atoms with Gasteiger partial charge in [0.15, 0.2) is 5.69 Å². The number of nitrogens with zero attached hydrogens (tertiary/aromatic N) is 2. The summed E-state index contributed by atoms with van der Waals surface area (Å²) in [5, 5.41) is 11.0. The molecule has 4 rings (SSSR count). The van der Waals surface area contributed by atoms with Crippen LogP contribution in [0.2, 0.25) is 0 Å². The molecular weight excluding hydrogens is 302 g/mol. The Bertz CT molecular complexity index is 895. The number of rotatable bonds is 3. The summed E-state index contributed by atoms with van der Waals surface area (Å²) in [6, 6.07) is 7.99. The zero-order valence-corrected chi connectivity index (χ0v) is 13.2. The fraction of sp³-hybridized carbons (Fsp3) is 0.278. The zero-order valence-electron chi connectivity index (χ0n) is 13.2. The number of hydrogen-bond donors (Lipinski definition) is 3. The van der Waals surface area contributed by atoms with Crippen LogP contribution in [0.15, 0.2) is 36.7 Å². The summed E-state index contributed by atoms with van der Waals surface area (Å²) < 4.78 is 0. The van der Waals surface area contributed by atoms with E-state index in [1.165, 1.54) is 12.8 Å². The Morgan fingerprint density at radius 1 is 1.17 bits per heavy atom. The van der Waals surface area contributed by atoms with Gasteiger partial charge < -0.3 is 11.1 Å². The number of aromatic nitrogens is 3. The van der Waals surface area contributed by atoms with Crippen molar-refractivity contribution in [3.63, 3.8) is 0 Å². The molecule has 1 fully saturated rings. The highest BCUT2D eigenvalue weighted by molar-refractivity contribution is 6.05. The first-order valence-corrected chi connectivity index (χ1v) is 8.20. The minimum absolute atomic E-state index is 0.115. The molecule has 1 amide bonds. The summed E-state index contributed by atoms with van der Waals surface area (Å²) in [5.74, 6) is -0.115. The van der Waals surface area contributed by atoms with Crippen LogP contribution in [0.5, 0.6) is 0 Å². The van der Waals surface area contributed by atoms with Gasteiger partial charge in [-0.3, -0.25) is 14.9 Å². The molecule has 2 aromatic heterocycles. The van der Waals surface area contributed by atoms with Crippen LogP contribution in [0.25, 0.3) is 22.0 Å². The highest BCUT2D eigenvalue weighted by atomic mass is 16.2. The van der Waals surface area contributed by atoms with Gasteiger partial charge in [0.2, 0.25) is 0 Å². The summed E-state index contributed by atoms with van der Waals surface area (Å²) in [6.07, 6.45) is 7.83. The largest absolute Gasteiger partial charge is 0.397 e. The van der Waals surface area contributed by atoms with Crippen molar-refractivity contribution in [2.24, 2.45) is 0 Å². The van der Waals surface area contributed by atoms with Crippen molar-refractivity contribution in [2.75, 3.05) is 5.73 Å². The number of aromatic amines is 1. The van der Waals surface area contributed by atoms with E-state index in [1.807, 2.05) is 24.3 Å². The molecular formula is C18H19N5O. The van der Waals surface area contributed by atoms with Gasteiger partial charge in [0.1, 0.15) is 0 Å². The molecule has 0 atom stereocenters. The number of H-pyrrole nitrogens is 1. The Labute approximate surface area is 139 Å². The molecule has 1 aliphatic carbocycles. The first-order chi connectivity index (χ1) is 11.7. The van der Waals surface area contributed by atoms with Crippen molar-refractivity contribution >= 4 is 22.5 Å². The molecule has 6 heteroatoms. The van der Waals surface area contributed by atoms with Crippen molar-refractivity contribution in [3.8, 4) is 11.1 Å². The highest BCUT2D eigenvalue weighted by Gasteiger charge is 2.21. The van der Waals surface area contributed by atoms with E-state index in [-0.39, 0.29) is 11.9 Å². The van der Waals surface area contributed by atoms with Gasteiger partial charge in [-0.2, -0.15) is 5.10 Å². The third kappa shape index (κ3) is 2.71. The molecule has 0 spiro atoms. The van der Waals surface area contributed by atoms with Crippen LogP contribution in [-0.4, -0.2) is 27.1 Å². The van der Waals surface area contributed by atoms with Gasteiger partial charge in [-0.25, -0.2) is 0 Å². The Hall–Kier alpha value is -2.89. The topological polar surface area (TPSA) is 96.7 Å². The van der Waals surface area contributed by atoms with E-state index in [2.05, 4.69) is 20.5 Å². The third-order valence-electron chi connectivity index (χ3n) is 4.56. The lowest BCUT2D eigenvalue weighted by Gasteiger charge is -2.10. The molecule has 1 saturated carbocycles. The number of pyridine rings is 1. The molecule has 0 radical (unpaired) electrons. The fourth-order valence-electron chi connectivity index (χ4n) is 3.31. The summed E-state index contributed by atoms with van der Waals surface area (Å²) in [7, 11) is 0. The Balaban J connectivity index is 1.69.